The zero-order chi connectivity index (χ0) is 16.7. The molecule has 0 radical (unpaired) electrons. The Morgan fingerprint density at radius 2 is 1.96 bits per heavy atom. The Kier molecular flexibility index (Phi) is 6.80. The van der Waals surface area contributed by atoms with Gasteiger partial charge in [-0.25, -0.2) is 0 Å². The minimum atomic E-state index is -0.0305. The zero-order valence-corrected chi connectivity index (χ0v) is 15.2. The van der Waals surface area contributed by atoms with Crippen molar-refractivity contribution in [3.05, 3.63) is 50.6 Å². The normalized spacial score (nSPS) is 10.3. The number of hydrogen-bond acceptors (Lipinski definition) is 4. The third-order valence-corrected chi connectivity index (χ3v) is 5.00. The number of thiophene rings is 1. The van der Waals surface area contributed by atoms with Gasteiger partial charge in [0.2, 0.25) is 5.91 Å². The molecule has 0 atom stereocenters. The van der Waals surface area contributed by atoms with Gasteiger partial charge in [0.15, 0.2) is 5.78 Å². The number of ketones is 1. The Hall–Kier alpha value is -1.66. The predicted molar refractivity (Wildman–Crippen MR) is 95.0 cm³/mol. The molecule has 0 fully saturated rings. The molecule has 0 unspecified atom stereocenters. The highest BCUT2D eigenvalue weighted by Crippen LogP contribution is 2.19. The molecule has 23 heavy (non-hydrogen) atoms. The summed E-state index contributed by atoms with van der Waals surface area (Å²) in [6.07, 6.45) is 1.27. The van der Waals surface area contributed by atoms with Crippen molar-refractivity contribution < 1.29 is 14.3 Å². The number of carbonyl (C=O) groups excluding carboxylic acids is 2. The van der Waals surface area contributed by atoms with Gasteiger partial charge in [-0.3, -0.25) is 9.59 Å². The molecule has 2 aromatic rings. The van der Waals surface area contributed by atoms with E-state index in [2.05, 4.69) is 21.2 Å². The number of carbonyl (C=O) groups is 2. The maximum atomic E-state index is 12.0. The van der Waals surface area contributed by atoms with Gasteiger partial charge in [-0.15, -0.1) is 11.3 Å². The highest BCUT2D eigenvalue weighted by atomic mass is 79.9. The standard InChI is InChI=1S/C17H18BrNO3S/c1-22-14-7-5-12(6-8-14)16(20)3-2-4-17(21)19-10-15-9-13(18)11-23-15/h5-9,11H,2-4,10H2,1H3,(H,19,21). The maximum absolute atomic E-state index is 12.0. The van der Waals surface area contributed by atoms with Crippen molar-refractivity contribution in [1.82, 2.24) is 5.32 Å². The fourth-order valence-electron chi connectivity index (χ4n) is 2.05. The average Bonchev–Trinajstić information content (AvgIpc) is 2.98. The number of halogens is 1. The summed E-state index contributed by atoms with van der Waals surface area (Å²) < 4.78 is 6.08. The molecule has 122 valence electrons. The molecule has 0 bridgehead atoms. The van der Waals surface area contributed by atoms with Crippen molar-refractivity contribution in [1.29, 1.82) is 0 Å². The Morgan fingerprint density at radius 3 is 2.57 bits per heavy atom. The molecule has 4 nitrogen and oxygen atoms in total. The van der Waals surface area contributed by atoms with Gasteiger partial charge >= 0.3 is 0 Å². The molecule has 0 spiro atoms. The Labute approximate surface area is 148 Å². The lowest BCUT2D eigenvalue weighted by Crippen LogP contribution is -2.22. The van der Waals surface area contributed by atoms with Crippen molar-refractivity contribution in [2.24, 2.45) is 0 Å². The largest absolute Gasteiger partial charge is 0.497 e. The summed E-state index contributed by atoms with van der Waals surface area (Å²) in [5, 5.41) is 4.84. The van der Waals surface area contributed by atoms with Crippen LogP contribution in [0.3, 0.4) is 0 Å². The van der Waals surface area contributed by atoms with Crippen LogP contribution in [0.4, 0.5) is 0 Å². The predicted octanol–water partition coefficient (Wildman–Crippen LogP) is 4.19. The number of Topliss-reactive ketones (excluding diaryl/α,β-unsaturated/α-hetero) is 1. The van der Waals surface area contributed by atoms with E-state index >= 15 is 0 Å². The lowest BCUT2D eigenvalue weighted by atomic mass is 10.1. The Balaban J connectivity index is 1.68. The second kappa shape index (κ2) is 8.84. The smallest absolute Gasteiger partial charge is 0.220 e. The molecule has 0 aliphatic carbocycles. The molecular formula is C17H18BrNO3S. The van der Waals surface area contributed by atoms with E-state index in [1.807, 2.05) is 11.4 Å². The summed E-state index contributed by atoms with van der Waals surface area (Å²) in [5.74, 6) is 0.737. The van der Waals surface area contributed by atoms with E-state index in [1.165, 1.54) is 0 Å². The summed E-state index contributed by atoms with van der Waals surface area (Å²) in [6.45, 7) is 0.529. The molecular weight excluding hydrogens is 378 g/mol. The number of rotatable bonds is 8. The molecule has 1 amide bonds. The lowest BCUT2D eigenvalue weighted by Gasteiger charge is -2.04. The topological polar surface area (TPSA) is 55.4 Å². The number of hydrogen-bond donors (Lipinski definition) is 1. The summed E-state index contributed by atoms with van der Waals surface area (Å²) in [4.78, 5) is 24.9. The number of nitrogens with one attached hydrogen (secondary N) is 1. The van der Waals surface area contributed by atoms with Gasteiger partial charge in [-0.2, -0.15) is 0 Å². The fraction of sp³-hybridized carbons (Fsp3) is 0.294. The lowest BCUT2D eigenvalue weighted by molar-refractivity contribution is -0.121. The highest BCUT2D eigenvalue weighted by molar-refractivity contribution is 9.10. The van der Waals surface area contributed by atoms with Gasteiger partial charge in [0.05, 0.1) is 13.7 Å². The molecule has 1 aromatic carbocycles. The molecule has 6 heteroatoms. The molecule has 2 rings (SSSR count). The van der Waals surface area contributed by atoms with Crippen molar-refractivity contribution in [2.75, 3.05) is 7.11 Å². The van der Waals surface area contributed by atoms with Crippen LogP contribution in [0.25, 0.3) is 0 Å². The quantitative estimate of drug-likeness (QED) is 0.681. The molecule has 0 aliphatic rings. The highest BCUT2D eigenvalue weighted by Gasteiger charge is 2.08. The van der Waals surface area contributed by atoms with E-state index in [4.69, 9.17) is 4.74 Å². The fourth-order valence-corrected chi connectivity index (χ4v) is 3.44. The van der Waals surface area contributed by atoms with E-state index in [-0.39, 0.29) is 11.7 Å². The average molecular weight is 396 g/mol. The summed E-state index contributed by atoms with van der Waals surface area (Å²) >= 11 is 4.98. The van der Waals surface area contributed by atoms with Gasteiger partial charge in [0.1, 0.15) is 5.75 Å². The van der Waals surface area contributed by atoms with E-state index in [0.717, 1.165) is 15.1 Å². The van der Waals surface area contributed by atoms with Crippen molar-refractivity contribution in [3.63, 3.8) is 0 Å². The Morgan fingerprint density at radius 1 is 1.22 bits per heavy atom. The first-order valence-corrected chi connectivity index (χ1v) is 8.92. The third kappa shape index (κ3) is 5.80. The van der Waals surface area contributed by atoms with Gasteiger partial charge in [0, 0.05) is 33.1 Å². The summed E-state index contributed by atoms with van der Waals surface area (Å²) in [6, 6.07) is 9.00. The van der Waals surface area contributed by atoms with E-state index in [9.17, 15) is 9.59 Å². The van der Waals surface area contributed by atoms with Crippen molar-refractivity contribution >= 4 is 39.0 Å². The first-order chi connectivity index (χ1) is 11.1. The van der Waals surface area contributed by atoms with Gasteiger partial charge in [0.25, 0.3) is 0 Å². The zero-order valence-electron chi connectivity index (χ0n) is 12.8. The van der Waals surface area contributed by atoms with Crippen LogP contribution in [0.15, 0.2) is 40.2 Å². The monoisotopic (exact) mass is 395 g/mol. The Bertz CT molecular complexity index is 667. The maximum Gasteiger partial charge on any atom is 0.220 e. The molecule has 1 aromatic heterocycles. The van der Waals surface area contributed by atoms with Crippen LogP contribution in [0.1, 0.15) is 34.5 Å². The molecule has 1 N–H and O–H groups in total. The number of methoxy groups -OCH3 is 1. The van der Waals surface area contributed by atoms with Crippen LogP contribution in [0.5, 0.6) is 5.75 Å². The molecule has 0 aliphatic heterocycles. The minimum absolute atomic E-state index is 0.0305. The van der Waals surface area contributed by atoms with Gasteiger partial charge in [-0.1, -0.05) is 0 Å². The second-order valence-electron chi connectivity index (χ2n) is 5.01. The van der Waals surface area contributed by atoms with Gasteiger partial charge < -0.3 is 10.1 Å². The molecule has 0 saturated heterocycles. The minimum Gasteiger partial charge on any atom is -0.497 e. The van der Waals surface area contributed by atoms with Gasteiger partial charge in [-0.05, 0) is 52.7 Å². The van der Waals surface area contributed by atoms with Crippen LogP contribution in [0.2, 0.25) is 0 Å². The van der Waals surface area contributed by atoms with E-state index in [1.54, 1.807) is 42.7 Å². The van der Waals surface area contributed by atoms with Crippen LogP contribution < -0.4 is 10.1 Å². The van der Waals surface area contributed by atoms with E-state index < -0.39 is 0 Å². The number of ether oxygens (including phenoxy) is 1. The first kappa shape index (κ1) is 17.7. The molecule has 1 heterocycles. The summed E-state index contributed by atoms with van der Waals surface area (Å²) in [5.41, 5.74) is 0.648. The van der Waals surface area contributed by atoms with E-state index in [0.29, 0.717) is 31.4 Å². The number of amides is 1. The summed E-state index contributed by atoms with van der Waals surface area (Å²) in [7, 11) is 1.59. The van der Waals surface area contributed by atoms with Crippen molar-refractivity contribution in [2.45, 2.75) is 25.8 Å². The van der Waals surface area contributed by atoms with Crippen LogP contribution in [-0.2, 0) is 11.3 Å². The van der Waals surface area contributed by atoms with Crippen LogP contribution in [-0.4, -0.2) is 18.8 Å². The molecule has 0 saturated carbocycles. The first-order valence-electron chi connectivity index (χ1n) is 7.25. The van der Waals surface area contributed by atoms with Crippen molar-refractivity contribution in [3.8, 4) is 5.75 Å². The number of benzene rings is 1. The van der Waals surface area contributed by atoms with Crippen LogP contribution >= 0.6 is 27.3 Å². The second-order valence-corrected chi connectivity index (χ2v) is 6.92. The third-order valence-electron chi connectivity index (χ3n) is 3.30. The van der Waals surface area contributed by atoms with Crippen LogP contribution in [0, 0.1) is 0 Å². The SMILES string of the molecule is COc1ccc(C(=O)CCCC(=O)NCc2cc(Br)cs2)cc1.